The largest absolute Gasteiger partial charge is 0.503 e. The Bertz CT molecular complexity index is 736. The minimum atomic E-state index is -0.489. The van der Waals surface area contributed by atoms with Gasteiger partial charge in [-0.05, 0) is 42.9 Å². The van der Waals surface area contributed by atoms with Crippen LogP contribution in [-0.4, -0.2) is 29.5 Å². The SMILES string of the molecule is CCCCNC(=O)C1=C(O)C(=O)N(c2ccc(CN)cc2)C1C1CCCCC1. The lowest BCUT2D eigenvalue weighted by molar-refractivity contribution is -0.119. The molecule has 1 unspecified atom stereocenters. The van der Waals surface area contributed by atoms with Gasteiger partial charge in [-0.25, -0.2) is 0 Å². The van der Waals surface area contributed by atoms with Crippen molar-refractivity contribution in [1.29, 1.82) is 0 Å². The van der Waals surface area contributed by atoms with Gasteiger partial charge in [-0.2, -0.15) is 0 Å². The number of carbonyl (C=O) groups is 2. The Morgan fingerprint density at radius 3 is 2.50 bits per heavy atom. The van der Waals surface area contributed by atoms with E-state index in [0.29, 0.717) is 18.8 Å². The maximum Gasteiger partial charge on any atom is 0.294 e. The Kier molecular flexibility index (Phi) is 6.73. The van der Waals surface area contributed by atoms with Crippen LogP contribution in [0.2, 0.25) is 0 Å². The van der Waals surface area contributed by atoms with E-state index in [0.717, 1.165) is 44.1 Å². The van der Waals surface area contributed by atoms with Gasteiger partial charge in [0.2, 0.25) is 0 Å². The Balaban J connectivity index is 1.94. The number of anilines is 1. The van der Waals surface area contributed by atoms with E-state index in [1.54, 1.807) is 4.90 Å². The molecule has 1 aliphatic carbocycles. The van der Waals surface area contributed by atoms with E-state index < -0.39 is 17.7 Å². The van der Waals surface area contributed by atoms with E-state index in [1.165, 1.54) is 6.42 Å². The zero-order valence-corrected chi connectivity index (χ0v) is 16.6. The highest BCUT2D eigenvalue weighted by Gasteiger charge is 2.47. The third-order valence-electron chi connectivity index (χ3n) is 5.86. The molecule has 0 bridgehead atoms. The maximum absolute atomic E-state index is 13.0. The molecule has 1 atom stereocenters. The molecule has 2 aliphatic rings. The molecular weight excluding hydrogens is 354 g/mol. The number of benzene rings is 1. The Labute approximate surface area is 166 Å². The van der Waals surface area contributed by atoms with Crippen LogP contribution < -0.4 is 16.0 Å². The molecular formula is C22H31N3O3. The Morgan fingerprint density at radius 1 is 1.21 bits per heavy atom. The van der Waals surface area contributed by atoms with Gasteiger partial charge in [0.1, 0.15) is 0 Å². The number of carbonyl (C=O) groups excluding carboxylic acids is 2. The highest BCUT2D eigenvalue weighted by Crippen LogP contribution is 2.40. The number of nitrogens with zero attached hydrogens (tertiary/aromatic N) is 1. The fourth-order valence-electron chi connectivity index (χ4n) is 4.31. The predicted octanol–water partition coefficient (Wildman–Crippen LogP) is 3.17. The monoisotopic (exact) mass is 385 g/mol. The van der Waals surface area contributed by atoms with Crippen LogP contribution in [0, 0.1) is 5.92 Å². The normalized spacial score (nSPS) is 20.7. The van der Waals surface area contributed by atoms with Gasteiger partial charge in [0, 0.05) is 18.8 Å². The van der Waals surface area contributed by atoms with E-state index in [4.69, 9.17) is 5.73 Å². The van der Waals surface area contributed by atoms with Crippen LogP contribution in [0.25, 0.3) is 0 Å². The van der Waals surface area contributed by atoms with Crippen molar-refractivity contribution in [2.24, 2.45) is 11.7 Å². The topological polar surface area (TPSA) is 95.7 Å². The van der Waals surface area contributed by atoms with Crippen molar-refractivity contribution < 1.29 is 14.7 Å². The van der Waals surface area contributed by atoms with E-state index in [2.05, 4.69) is 12.2 Å². The number of hydrogen-bond donors (Lipinski definition) is 3. The fourth-order valence-corrected chi connectivity index (χ4v) is 4.31. The molecule has 152 valence electrons. The summed E-state index contributed by atoms with van der Waals surface area (Å²) in [5.74, 6) is -1.05. The van der Waals surface area contributed by atoms with Crippen molar-refractivity contribution in [3.63, 3.8) is 0 Å². The molecule has 1 aliphatic heterocycles. The maximum atomic E-state index is 13.0. The second kappa shape index (κ2) is 9.24. The molecule has 0 radical (unpaired) electrons. The zero-order valence-electron chi connectivity index (χ0n) is 16.6. The van der Waals surface area contributed by atoms with Crippen LogP contribution in [-0.2, 0) is 16.1 Å². The van der Waals surface area contributed by atoms with Crippen LogP contribution in [0.1, 0.15) is 57.4 Å². The van der Waals surface area contributed by atoms with Gasteiger partial charge in [0.25, 0.3) is 11.8 Å². The summed E-state index contributed by atoms with van der Waals surface area (Å²) in [6, 6.07) is 7.05. The van der Waals surface area contributed by atoms with E-state index in [1.807, 2.05) is 24.3 Å². The number of nitrogens with one attached hydrogen (secondary N) is 1. The van der Waals surface area contributed by atoms with Gasteiger partial charge in [0.15, 0.2) is 5.76 Å². The number of aliphatic hydroxyl groups is 1. The van der Waals surface area contributed by atoms with Crippen molar-refractivity contribution in [2.75, 3.05) is 11.4 Å². The van der Waals surface area contributed by atoms with Crippen molar-refractivity contribution in [1.82, 2.24) is 5.32 Å². The highest BCUT2D eigenvalue weighted by molar-refractivity contribution is 6.16. The lowest BCUT2D eigenvalue weighted by Gasteiger charge is -2.35. The molecule has 1 fully saturated rings. The predicted molar refractivity (Wildman–Crippen MR) is 110 cm³/mol. The number of rotatable bonds is 7. The summed E-state index contributed by atoms with van der Waals surface area (Å²) in [7, 11) is 0. The van der Waals surface area contributed by atoms with Gasteiger partial charge in [0.05, 0.1) is 11.6 Å². The summed E-state index contributed by atoms with van der Waals surface area (Å²) in [6.07, 6.45) is 7.09. The third kappa shape index (κ3) is 4.07. The Morgan fingerprint density at radius 2 is 1.89 bits per heavy atom. The van der Waals surface area contributed by atoms with Gasteiger partial charge in [-0.15, -0.1) is 0 Å². The molecule has 3 rings (SSSR count). The fraction of sp³-hybridized carbons (Fsp3) is 0.545. The van der Waals surface area contributed by atoms with Gasteiger partial charge in [-0.1, -0.05) is 44.7 Å². The average Bonchev–Trinajstić information content (AvgIpc) is 3.00. The summed E-state index contributed by atoms with van der Waals surface area (Å²) >= 11 is 0. The van der Waals surface area contributed by atoms with Gasteiger partial charge >= 0.3 is 0 Å². The first-order valence-electron chi connectivity index (χ1n) is 10.4. The number of nitrogens with two attached hydrogens (primary N) is 1. The minimum absolute atomic E-state index is 0.170. The van der Waals surface area contributed by atoms with E-state index in [-0.39, 0.29) is 17.4 Å². The molecule has 1 heterocycles. The molecule has 6 heteroatoms. The van der Waals surface area contributed by atoms with Crippen LogP contribution in [0.3, 0.4) is 0 Å². The second-order valence-corrected chi connectivity index (χ2v) is 7.76. The molecule has 0 saturated heterocycles. The smallest absolute Gasteiger partial charge is 0.294 e. The van der Waals surface area contributed by atoms with Crippen molar-refractivity contribution in [3.05, 3.63) is 41.2 Å². The minimum Gasteiger partial charge on any atom is -0.503 e. The molecule has 0 aromatic heterocycles. The van der Waals surface area contributed by atoms with E-state index in [9.17, 15) is 14.7 Å². The molecule has 0 spiro atoms. The van der Waals surface area contributed by atoms with Crippen LogP contribution in [0.4, 0.5) is 5.69 Å². The van der Waals surface area contributed by atoms with Crippen molar-refractivity contribution >= 4 is 17.5 Å². The van der Waals surface area contributed by atoms with Crippen LogP contribution in [0.15, 0.2) is 35.6 Å². The average molecular weight is 386 g/mol. The molecule has 6 nitrogen and oxygen atoms in total. The number of hydrogen-bond acceptors (Lipinski definition) is 4. The van der Waals surface area contributed by atoms with Crippen molar-refractivity contribution in [3.8, 4) is 0 Å². The molecule has 1 aromatic carbocycles. The first kappa shape index (κ1) is 20.4. The number of unbranched alkanes of at least 4 members (excludes halogenated alkanes) is 1. The lowest BCUT2D eigenvalue weighted by Crippen LogP contribution is -2.44. The van der Waals surface area contributed by atoms with Crippen LogP contribution in [0.5, 0.6) is 0 Å². The van der Waals surface area contributed by atoms with Gasteiger partial charge < -0.3 is 16.2 Å². The zero-order chi connectivity index (χ0) is 20.1. The molecule has 2 amide bonds. The van der Waals surface area contributed by atoms with Crippen LogP contribution >= 0.6 is 0 Å². The lowest BCUT2D eigenvalue weighted by atomic mass is 9.80. The summed E-state index contributed by atoms with van der Waals surface area (Å²) in [6.45, 7) is 3.03. The molecule has 1 saturated carbocycles. The Hall–Kier alpha value is -2.34. The number of amides is 2. The standard InChI is InChI=1S/C22H31N3O3/c1-2-3-13-24-21(27)18-19(16-7-5-4-6-8-16)25(22(28)20(18)26)17-11-9-15(14-23)10-12-17/h9-12,16,19,26H,2-8,13-14,23H2,1H3,(H,24,27). The van der Waals surface area contributed by atoms with Crippen molar-refractivity contribution in [2.45, 2.75) is 64.5 Å². The van der Waals surface area contributed by atoms with E-state index >= 15 is 0 Å². The third-order valence-corrected chi connectivity index (χ3v) is 5.86. The summed E-state index contributed by atoms with van der Waals surface area (Å²) in [4.78, 5) is 27.5. The molecule has 1 aromatic rings. The molecule has 28 heavy (non-hydrogen) atoms. The quantitative estimate of drug-likeness (QED) is 0.628. The van der Waals surface area contributed by atoms with Gasteiger partial charge in [-0.3, -0.25) is 14.5 Å². The first-order valence-corrected chi connectivity index (χ1v) is 10.4. The first-order chi connectivity index (χ1) is 13.6. The molecule has 4 N–H and O–H groups in total. The highest BCUT2D eigenvalue weighted by atomic mass is 16.3. The summed E-state index contributed by atoms with van der Waals surface area (Å²) in [5.41, 5.74) is 7.58. The second-order valence-electron chi connectivity index (χ2n) is 7.76. The summed E-state index contributed by atoms with van der Waals surface area (Å²) in [5, 5.41) is 13.5. The number of aliphatic hydroxyl groups excluding tert-OH is 1. The summed E-state index contributed by atoms with van der Waals surface area (Å²) < 4.78 is 0.